The van der Waals surface area contributed by atoms with Crippen LogP contribution in [0.5, 0.6) is 11.5 Å². The molecule has 0 aliphatic rings. The van der Waals surface area contributed by atoms with Gasteiger partial charge in [0.1, 0.15) is 0 Å². The van der Waals surface area contributed by atoms with Gasteiger partial charge in [-0.1, -0.05) is 12.1 Å². The number of carbonyl (C=O) groups is 1. The van der Waals surface area contributed by atoms with Crippen molar-refractivity contribution in [3.05, 3.63) is 64.1 Å². The van der Waals surface area contributed by atoms with Gasteiger partial charge in [0.25, 0.3) is 5.56 Å². The quantitative estimate of drug-likeness (QED) is 0.505. The van der Waals surface area contributed by atoms with Crippen LogP contribution < -0.4 is 20.3 Å². The predicted molar refractivity (Wildman–Crippen MR) is 111 cm³/mol. The summed E-state index contributed by atoms with van der Waals surface area (Å²) in [4.78, 5) is 23.8. The number of hydrogen-bond donors (Lipinski definition) is 1. The van der Waals surface area contributed by atoms with Gasteiger partial charge in [-0.15, -0.1) is 0 Å². The number of nitrogens with zero attached hydrogens (tertiary/aromatic N) is 1. The molecule has 0 aliphatic carbocycles. The maximum atomic E-state index is 12.0. The molecule has 1 amide bonds. The summed E-state index contributed by atoms with van der Waals surface area (Å²) in [6.07, 6.45) is 4.86. The lowest BCUT2D eigenvalue weighted by Gasteiger charge is -2.09. The fourth-order valence-electron chi connectivity index (χ4n) is 2.81. The number of benzene rings is 1. The molecule has 6 heteroatoms. The molecule has 2 rings (SSSR count). The highest BCUT2D eigenvalue weighted by Gasteiger charge is 2.04. The van der Waals surface area contributed by atoms with Crippen molar-refractivity contribution >= 4 is 12.0 Å². The van der Waals surface area contributed by atoms with Gasteiger partial charge in [0.05, 0.1) is 13.7 Å². The Morgan fingerprint density at radius 2 is 2.00 bits per heavy atom. The number of carbonyl (C=O) groups excluding carboxylic acids is 1. The van der Waals surface area contributed by atoms with E-state index < -0.39 is 0 Å². The van der Waals surface area contributed by atoms with Crippen molar-refractivity contribution in [3.8, 4) is 11.5 Å². The zero-order valence-corrected chi connectivity index (χ0v) is 16.7. The van der Waals surface area contributed by atoms with Crippen LogP contribution in [0.15, 0.2) is 47.3 Å². The first-order valence-corrected chi connectivity index (χ1v) is 9.48. The van der Waals surface area contributed by atoms with Crippen LogP contribution in [-0.2, 0) is 11.3 Å². The van der Waals surface area contributed by atoms with E-state index in [0.29, 0.717) is 31.2 Å². The largest absolute Gasteiger partial charge is 0.493 e. The van der Waals surface area contributed by atoms with Gasteiger partial charge >= 0.3 is 0 Å². The van der Waals surface area contributed by atoms with E-state index in [4.69, 9.17) is 9.47 Å². The Balaban J connectivity index is 1.77. The van der Waals surface area contributed by atoms with Gasteiger partial charge in [0.15, 0.2) is 11.5 Å². The molecule has 1 aromatic heterocycles. The van der Waals surface area contributed by atoms with Crippen LogP contribution in [0.1, 0.15) is 31.0 Å². The first-order chi connectivity index (χ1) is 13.5. The van der Waals surface area contributed by atoms with Gasteiger partial charge < -0.3 is 19.4 Å². The number of unbranched alkanes of at least 4 members (excludes halogenated alkanes) is 1. The topological polar surface area (TPSA) is 69.6 Å². The standard InChI is InChI=1S/C22H28N2O4/c1-4-28-19-12-10-18(16-20(19)27-3)11-13-21(25)23-14-5-6-15-24-17(2)8-7-9-22(24)26/h7-13,16H,4-6,14-15H2,1-3H3,(H,23,25)/b13-11+. The number of amides is 1. The maximum Gasteiger partial charge on any atom is 0.250 e. The number of ether oxygens (including phenoxy) is 2. The SMILES string of the molecule is CCOc1ccc(/C=C/C(=O)NCCCCn2c(C)cccc2=O)cc1OC. The lowest BCUT2D eigenvalue weighted by molar-refractivity contribution is -0.116. The first kappa shape index (κ1) is 21.3. The van der Waals surface area contributed by atoms with E-state index >= 15 is 0 Å². The highest BCUT2D eigenvalue weighted by Crippen LogP contribution is 2.28. The Morgan fingerprint density at radius 3 is 2.71 bits per heavy atom. The molecule has 0 aliphatic heterocycles. The molecule has 1 heterocycles. The summed E-state index contributed by atoms with van der Waals surface area (Å²) in [5.41, 5.74) is 1.82. The fraction of sp³-hybridized carbons (Fsp3) is 0.364. The third-order valence-electron chi connectivity index (χ3n) is 4.29. The minimum absolute atomic E-state index is 0.0118. The van der Waals surface area contributed by atoms with Crippen molar-refractivity contribution in [3.63, 3.8) is 0 Å². The summed E-state index contributed by atoms with van der Waals surface area (Å²) in [5.74, 6) is 1.16. The number of rotatable bonds is 10. The van der Waals surface area contributed by atoms with E-state index in [1.165, 1.54) is 6.08 Å². The van der Waals surface area contributed by atoms with Crippen molar-refractivity contribution in [2.75, 3.05) is 20.3 Å². The highest BCUT2D eigenvalue weighted by molar-refractivity contribution is 5.91. The Morgan fingerprint density at radius 1 is 1.18 bits per heavy atom. The third kappa shape index (κ3) is 6.30. The van der Waals surface area contributed by atoms with Gasteiger partial charge in [0, 0.05) is 30.9 Å². The molecule has 0 fully saturated rings. The third-order valence-corrected chi connectivity index (χ3v) is 4.29. The van der Waals surface area contributed by atoms with Crippen LogP contribution >= 0.6 is 0 Å². The molecule has 6 nitrogen and oxygen atoms in total. The van der Waals surface area contributed by atoms with E-state index in [9.17, 15) is 9.59 Å². The predicted octanol–water partition coefficient (Wildman–Crippen LogP) is 3.17. The molecular weight excluding hydrogens is 356 g/mol. The van der Waals surface area contributed by atoms with E-state index in [2.05, 4.69) is 5.32 Å². The molecule has 150 valence electrons. The Bertz CT molecular complexity index is 871. The number of pyridine rings is 1. The van der Waals surface area contributed by atoms with Gasteiger partial charge in [-0.25, -0.2) is 0 Å². The second-order valence-electron chi connectivity index (χ2n) is 6.33. The number of aromatic nitrogens is 1. The van der Waals surface area contributed by atoms with Crippen LogP contribution in [0, 0.1) is 6.92 Å². The smallest absolute Gasteiger partial charge is 0.250 e. The van der Waals surface area contributed by atoms with Gasteiger partial charge in [-0.3, -0.25) is 9.59 Å². The van der Waals surface area contributed by atoms with Crippen LogP contribution in [0.2, 0.25) is 0 Å². The van der Waals surface area contributed by atoms with Crippen LogP contribution in [0.25, 0.3) is 6.08 Å². The van der Waals surface area contributed by atoms with Crippen molar-refractivity contribution < 1.29 is 14.3 Å². The Kier molecular flexibility index (Phi) is 8.34. The van der Waals surface area contributed by atoms with Crippen LogP contribution in [0.4, 0.5) is 0 Å². The molecule has 0 atom stereocenters. The molecule has 0 bridgehead atoms. The lowest BCUT2D eigenvalue weighted by Crippen LogP contribution is -2.24. The highest BCUT2D eigenvalue weighted by atomic mass is 16.5. The van der Waals surface area contributed by atoms with Gasteiger partial charge in [-0.2, -0.15) is 0 Å². The molecule has 1 aromatic carbocycles. The van der Waals surface area contributed by atoms with Crippen LogP contribution in [0.3, 0.4) is 0 Å². The van der Waals surface area contributed by atoms with Gasteiger partial charge in [0.2, 0.25) is 5.91 Å². The van der Waals surface area contributed by atoms with Crippen LogP contribution in [-0.4, -0.2) is 30.7 Å². The molecule has 0 saturated carbocycles. The maximum absolute atomic E-state index is 12.0. The first-order valence-electron chi connectivity index (χ1n) is 9.48. The number of aryl methyl sites for hydroxylation is 1. The van der Waals surface area contributed by atoms with Crippen molar-refractivity contribution in [1.29, 1.82) is 0 Å². The Labute approximate surface area is 165 Å². The van der Waals surface area contributed by atoms with E-state index in [1.54, 1.807) is 29.9 Å². The Hall–Kier alpha value is -3.02. The molecule has 0 radical (unpaired) electrons. The van der Waals surface area contributed by atoms with E-state index in [1.807, 2.05) is 38.1 Å². The van der Waals surface area contributed by atoms with Crippen molar-refractivity contribution in [2.24, 2.45) is 0 Å². The molecule has 0 saturated heterocycles. The summed E-state index contributed by atoms with van der Waals surface area (Å²) in [5, 5.41) is 2.86. The summed E-state index contributed by atoms with van der Waals surface area (Å²) in [6.45, 7) is 5.62. The summed E-state index contributed by atoms with van der Waals surface area (Å²) < 4.78 is 12.5. The fourth-order valence-corrected chi connectivity index (χ4v) is 2.81. The number of nitrogens with one attached hydrogen (secondary N) is 1. The normalized spacial score (nSPS) is 10.8. The van der Waals surface area contributed by atoms with Gasteiger partial charge in [-0.05, 0) is 56.5 Å². The average molecular weight is 384 g/mol. The number of methoxy groups -OCH3 is 1. The monoisotopic (exact) mass is 384 g/mol. The molecule has 0 unspecified atom stereocenters. The molecular formula is C22H28N2O4. The average Bonchev–Trinajstić information content (AvgIpc) is 2.69. The summed E-state index contributed by atoms with van der Waals surface area (Å²) >= 11 is 0. The molecule has 0 spiro atoms. The zero-order chi connectivity index (χ0) is 20.4. The minimum Gasteiger partial charge on any atom is -0.493 e. The van der Waals surface area contributed by atoms with Crippen molar-refractivity contribution in [2.45, 2.75) is 33.2 Å². The summed E-state index contributed by atoms with van der Waals surface area (Å²) in [6, 6.07) is 10.8. The molecule has 28 heavy (non-hydrogen) atoms. The van der Waals surface area contributed by atoms with Crippen molar-refractivity contribution in [1.82, 2.24) is 9.88 Å². The molecule has 1 N–H and O–H groups in total. The second kappa shape index (κ2) is 11.0. The second-order valence-corrected chi connectivity index (χ2v) is 6.33. The van der Waals surface area contributed by atoms with E-state index in [-0.39, 0.29) is 11.5 Å². The van der Waals surface area contributed by atoms with E-state index in [0.717, 1.165) is 24.1 Å². The minimum atomic E-state index is -0.152. The molecule has 2 aromatic rings. The zero-order valence-electron chi connectivity index (χ0n) is 16.7. The summed E-state index contributed by atoms with van der Waals surface area (Å²) in [7, 11) is 1.59. The number of hydrogen-bond acceptors (Lipinski definition) is 4. The lowest BCUT2D eigenvalue weighted by atomic mass is 10.2.